The number of aliphatic hydroxyl groups excluding tert-OH is 1. The molecule has 0 saturated carbocycles. The molecule has 1 fully saturated rings. The number of nitrogens with zero attached hydrogens (tertiary/aromatic N) is 1. The van der Waals surface area contributed by atoms with E-state index in [4.69, 9.17) is 5.11 Å². The highest BCUT2D eigenvalue weighted by atomic mass is 16.4. The molecule has 0 bridgehead atoms. The van der Waals surface area contributed by atoms with Crippen LogP contribution in [0.2, 0.25) is 0 Å². The van der Waals surface area contributed by atoms with Crippen molar-refractivity contribution in [1.82, 2.24) is 5.32 Å². The predicted octanol–water partition coefficient (Wildman–Crippen LogP) is -0.733. The molecule has 0 spiro atoms. The highest BCUT2D eigenvalue weighted by Crippen LogP contribution is 2.20. The van der Waals surface area contributed by atoms with E-state index in [1.165, 1.54) is 29.2 Å². The van der Waals surface area contributed by atoms with Crippen LogP contribution in [-0.4, -0.2) is 41.1 Å². The lowest BCUT2D eigenvalue weighted by Crippen LogP contribution is -2.52. The number of carboxylic acids is 1. The average Bonchev–Trinajstić information content (AvgIpc) is 2.41. The SMILES string of the molecule is O=C1NCCN(c2ccc(C(O)C(=O)O)cc2)C1=O. The summed E-state index contributed by atoms with van der Waals surface area (Å²) in [4.78, 5) is 34.8. The molecule has 1 saturated heterocycles. The Morgan fingerprint density at radius 2 is 1.89 bits per heavy atom. The van der Waals surface area contributed by atoms with Gasteiger partial charge in [-0.1, -0.05) is 12.1 Å². The number of hydrogen-bond acceptors (Lipinski definition) is 4. The monoisotopic (exact) mass is 264 g/mol. The minimum atomic E-state index is -1.60. The average molecular weight is 264 g/mol. The van der Waals surface area contributed by atoms with E-state index in [2.05, 4.69) is 5.32 Å². The molecule has 1 heterocycles. The molecule has 1 aromatic rings. The van der Waals surface area contributed by atoms with Crippen molar-refractivity contribution in [1.29, 1.82) is 0 Å². The van der Waals surface area contributed by atoms with Gasteiger partial charge in [0, 0.05) is 18.8 Å². The van der Waals surface area contributed by atoms with Gasteiger partial charge >= 0.3 is 17.8 Å². The Labute approximate surface area is 108 Å². The molecule has 2 rings (SSSR count). The standard InChI is InChI=1S/C12H12N2O5/c15-9(12(18)19)7-1-3-8(4-2-7)14-6-5-13-10(16)11(14)17/h1-4,9,15H,5-6H2,(H,13,16)(H,18,19). The van der Waals surface area contributed by atoms with Crippen molar-refractivity contribution in [2.24, 2.45) is 0 Å². The number of benzene rings is 1. The number of hydrogen-bond donors (Lipinski definition) is 3. The third kappa shape index (κ3) is 2.55. The molecule has 7 heteroatoms. The summed E-state index contributed by atoms with van der Waals surface area (Å²) >= 11 is 0. The van der Waals surface area contributed by atoms with Gasteiger partial charge in [0.15, 0.2) is 6.10 Å². The lowest BCUT2D eigenvalue weighted by Gasteiger charge is -2.26. The lowest BCUT2D eigenvalue weighted by atomic mass is 10.1. The van der Waals surface area contributed by atoms with Gasteiger partial charge in [0.1, 0.15) is 0 Å². The first kappa shape index (κ1) is 13.0. The largest absolute Gasteiger partial charge is 0.479 e. The van der Waals surface area contributed by atoms with Gasteiger partial charge in [0.25, 0.3) is 0 Å². The topological polar surface area (TPSA) is 107 Å². The summed E-state index contributed by atoms with van der Waals surface area (Å²) in [6.07, 6.45) is -1.60. The summed E-state index contributed by atoms with van der Waals surface area (Å²) in [7, 11) is 0. The molecule has 3 N–H and O–H groups in total. The van der Waals surface area contributed by atoms with E-state index in [9.17, 15) is 19.5 Å². The number of anilines is 1. The normalized spacial score (nSPS) is 17.0. The second kappa shape index (κ2) is 5.07. The number of nitrogens with one attached hydrogen (secondary N) is 1. The van der Waals surface area contributed by atoms with E-state index in [0.717, 1.165) is 0 Å². The van der Waals surface area contributed by atoms with Crippen LogP contribution in [0.3, 0.4) is 0 Å². The quantitative estimate of drug-likeness (QED) is 0.624. The number of piperazine rings is 1. The number of aliphatic carboxylic acids is 1. The van der Waals surface area contributed by atoms with Crippen LogP contribution in [0.25, 0.3) is 0 Å². The van der Waals surface area contributed by atoms with E-state index in [1.54, 1.807) is 0 Å². The lowest BCUT2D eigenvalue weighted by molar-refractivity contribution is -0.146. The summed E-state index contributed by atoms with van der Waals surface area (Å²) in [5.41, 5.74) is 0.700. The van der Waals surface area contributed by atoms with Crippen LogP contribution >= 0.6 is 0 Å². The van der Waals surface area contributed by atoms with Crippen LogP contribution in [0.5, 0.6) is 0 Å². The number of carbonyl (C=O) groups excluding carboxylic acids is 2. The maximum Gasteiger partial charge on any atom is 0.337 e. The van der Waals surface area contributed by atoms with Gasteiger partial charge in [-0.15, -0.1) is 0 Å². The van der Waals surface area contributed by atoms with Gasteiger partial charge < -0.3 is 20.4 Å². The maximum absolute atomic E-state index is 11.6. The van der Waals surface area contributed by atoms with Crippen LogP contribution in [0, 0.1) is 0 Å². The Balaban J connectivity index is 2.20. The molecule has 1 aromatic carbocycles. The third-order valence-electron chi connectivity index (χ3n) is 2.81. The predicted molar refractivity (Wildman–Crippen MR) is 64.4 cm³/mol. The second-order valence-corrected chi connectivity index (χ2v) is 4.04. The Bertz CT molecular complexity index is 525. The first-order chi connectivity index (χ1) is 9.00. The molecular formula is C12H12N2O5. The molecule has 2 amide bonds. The van der Waals surface area contributed by atoms with Crippen molar-refractivity contribution in [3.63, 3.8) is 0 Å². The smallest absolute Gasteiger partial charge is 0.337 e. The zero-order valence-electron chi connectivity index (χ0n) is 9.87. The van der Waals surface area contributed by atoms with E-state index in [0.29, 0.717) is 18.8 Å². The van der Waals surface area contributed by atoms with Crippen LogP contribution in [0.4, 0.5) is 5.69 Å². The van der Waals surface area contributed by atoms with Crippen molar-refractivity contribution < 1.29 is 24.6 Å². The van der Waals surface area contributed by atoms with Crippen molar-refractivity contribution in [2.45, 2.75) is 6.10 Å². The molecule has 1 aliphatic rings. The molecule has 1 atom stereocenters. The van der Waals surface area contributed by atoms with Crippen molar-refractivity contribution >= 4 is 23.5 Å². The Hall–Kier alpha value is -2.41. The first-order valence-corrected chi connectivity index (χ1v) is 5.61. The summed E-state index contributed by atoms with van der Waals surface area (Å²) in [6, 6.07) is 5.82. The van der Waals surface area contributed by atoms with E-state index in [-0.39, 0.29) is 5.56 Å². The van der Waals surface area contributed by atoms with Crippen LogP contribution in [-0.2, 0) is 14.4 Å². The van der Waals surface area contributed by atoms with Gasteiger partial charge in [-0.3, -0.25) is 9.59 Å². The Morgan fingerprint density at radius 3 is 2.47 bits per heavy atom. The van der Waals surface area contributed by atoms with Gasteiger partial charge in [0.2, 0.25) is 0 Å². The fraction of sp³-hybridized carbons (Fsp3) is 0.250. The van der Waals surface area contributed by atoms with Crippen LogP contribution in [0.1, 0.15) is 11.7 Å². The molecule has 0 radical (unpaired) electrons. The summed E-state index contributed by atoms with van der Waals surface area (Å²) in [5, 5.41) is 20.4. The van der Waals surface area contributed by atoms with Crippen LogP contribution in [0.15, 0.2) is 24.3 Å². The summed E-state index contributed by atoms with van der Waals surface area (Å²) in [5.74, 6) is -2.67. The third-order valence-corrected chi connectivity index (χ3v) is 2.81. The molecule has 19 heavy (non-hydrogen) atoms. The number of carboxylic acid groups (broad SMARTS) is 1. The fourth-order valence-electron chi connectivity index (χ4n) is 1.81. The van der Waals surface area contributed by atoms with Gasteiger partial charge in [-0.05, 0) is 17.7 Å². The number of carbonyl (C=O) groups is 3. The number of rotatable bonds is 3. The second-order valence-electron chi connectivity index (χ2n) is 4.04. The van der Waals surface area contributed by atoms with Crippen LogP contribution < -0.4 is 10.2 Å². The minimum absolute atomic E-state index is 0.213. The fourth-order valence-corrected chi connectivity index (χ4v) is 1.81. The molecule has 0 aromatic heterocycles. The zero-order valence-corrected chi connectivity index (χ0v) is 9.87. The molecule has 0 aliphatic carbocycles. The maximum atomic E-state index is 11.6. The van der Waals surface area contributed by atoms with E-state index < -0.39 is 23.9 Å². The highest BCUT2D eigenvalue weighted by molar-refractivity contribution is 6.41. The molecular weight excluding hydrogens is 252 g/mol. The van der Waals surface area contributed by atoms with Gasteiger partial charge in [0.05, 0.1) is 0 Å². The highest BCUT2D eigenvalue weighted by Gasteiger charge is 2.27. The Kier molecular flexibility index (Phi) is 3.48. The van der Waals surface area contributed by atoms with E-state index in [1.807, 2.05) is 0 Å². The number of aliphatic hydroxyl groups is 1. The minimum Gasteiger partial charge on any atom is -0.479 e. The van der Waals surface area contributed by atoms with E-state index >= 15 is 0 Å². The zero-order chi connectivity index (χ0) is 14.0. The summed E-state index contributed by atoms with van der Waals surface area (Å²) in [6.45, 7) is 0.718. The van der Waals surface area contributed by atoms with Gasteiger partial charge in [-0.2, -0.15) is 0 Å². The number of amides is 2. The molecule has 7 nitrogen and oxygen atoms in total. The van der Waals surface area contributed by atoms with Crippen molar-refractivity contribution in [3.8, 4) is 0 Å². The summed E-state index contributed by atoms with van der Waals surface area (Å²) < 4.78 is 0. The molecule has 1 unspecified atom stereocenters. The Morgan fingerprint density at radius 1 is 1.26 bits per heavy atom. The first-order valence-electron chi connectivity index (χ1n) is 5.61. The van der Waals surface area contributed by atoms with Crippen molar-refractivity contribution in [2.75, 3.05) is 18.0 Å². The molecule has 100 valence electrons. The van der Waals surface area contributed by atoms with Crippen molar-refractivity contribution in [3.05, 3.63) is 29.8 Å². The molecule has 1 aliphatic heterocycles. The van der Waals surface area contributed by atoms with Gasteiger partial charge in [-0.25, -0.2) is 4.79 Å².